The van der Waals surface area contributed by atoms with Gasteiger partial charge >= 0.3 is 0 Å². The fraction of sp³-hybridized carbons (Fsp3) is 0.500. The fourth-order valence-electron chi connectivity index (χ4n) is 1.47. The highest BCUT2D eigenvalue weighted by atomic mass is 16.5. The molecule has 0 radical (unpaired) electrons. The van der Waals surface area contributed by atoms with E-state index < -0.39 is 0 Å². The van der Waals surface area contributed by atoms with Crippen molar-refractivity contribution in [3.63, 3.8) is 0 Å². The van der Waals surface area contributed by atoms with E-state index in [2.05, 4.69) is 6.07 Å². The summed E-state index contributed by atoms with van der Waals surface area (Å²) in [5, 5.41) is 8.86. The van der Waals surface area contributed by atoms with Crippen LogP contribution >= 0.6 is 0 Å². The van der Waals surface area contributed by atoms with E-state index in [9.17, 15) is 0 Å². The zero-order valence-electron chi connectivity index (χ0n) is 10.3. The molecule has 86 valence electrons. The van der Waals surface area contributed by atoms with Crippen molar-refractivity contribution in [2.24, 2.45) is 5.41 Å². The topological polar surface area (TPSA) is 33.0 Å². The second kappa shape index (κ2) is 5.55. The molecule has 0 saturated heterocycles. The van der Waals surface area contributed by atoms with E-state index in [1.165, 1.54) is 0 Å². The highest BCUT2D eigenvalue weighted by Gasteiger charge is 2.15. The van der Waals surface area contributed by atoms with Gasteiger partial charge in [-0.05, 0) is 45.2 Å². The van der Waals surface area contributed by atoms with Gasteiger partial charge < -0.3 is 4.74 Å². The molecule has 0 N–H and O–H groups in total. The minimum atomic E-state index is -0.241. The predicted molar refractivity (Wildman–Crippen MR) is 65.3 cm³/mol. The van der Waals surface area contributed by atoms with E-state index >= 15 is 0 Å². The van der Waals surface area contributed by atoms with Gasteiger partial charge in [-0.2, -0.15) is 5.26 Å². The molecule has 0 aliphatic rings. The van der Waals surface area contributed by atoms with Crippen molar-refractivity contribution < 1.29 is 4.74 Å². The summed E-state index contributed by atoms with van der Waals surface area (Å²) >= 11 is 0. The lowest BCUT2D eigenvalue weighted by Gasteiger charge is -2.15. The average molecular weight is 217 g/mol. The van der Waals surface area contributed by atoms with Crippen LogP contribution in [-0.4, -0.2) is 6.61 Å². The van der Waals surface area contributed by atoms with Crippen molar-refractivity contribution in [2.75, 3.05) is 6.61 Å². The monoisotopic (exact) mass is 217 g/mol. The highest BCUT2D eigenvalue weighted by molar-refractivity contribution is 5.31. The van der Waals surface area contributed by atoms with Gasteiger partial charge in [-0.15, -0.1) is 0 Å². The number of nitriles is 1. The Bertz CT molecular complexity index is 377. The van der Waals surface area contributed by atoms with Gasteiger partial charge in [-0.25, -0.2) is 0 Å². The first kappa shape index (κ1) is 12.6. The molecule has 1 rings (SSSR count). The molecule has 0 aromatic heterocycles. The second-order valence-electron chi connectivity index (χ2n) is 4.71. The smallest absolute Gasteiger partial charge is 0.122 e. The molecule has 16 heavy (non-hydrogen) atoms. The van der Waals surface area contributed by atoms with Crippen LogP contribution in [0, 0.1) is 23.7 Å². The predicted octanol–water partition coefficient (Wildman–Crippen LogP) is 3.70. The van der Waals surface area contributed by atoms with Crippen LogP contribution in [0.2, 0.25) is 0 Å². The number of para-hydroxylation sites is 1. The van der Waals surface area contributed by atoms with E-state index in [-0.39, 0.29) is 5.41 Å². The van der Waals surface area contributed by atoms with Crippen molar-refractivity contribution >= 4 is 0 Å². The molecule has 0 saturated carbocycles. The molecular formula is C14H19NO. The normalized spacial score (nSPS) is 10.9. The summed E-state index contributed by atoms with van der Waals surface area (Å²) in [7, 11) is 0. The molecule has 0 fully saturated rings. The Balaban J connectivity index is 2.33. The molecule has 0 bridgehead atoms. The van der Waals surface area contributed by atoms with Crippen molar-refractivity contribution in [3.05, 3.63) is 29.8 Å². The van der Waals surface area contributed by atoms with Gasteiger partial charge in [0.05, 0.1) is 18.1 Å². The molecule has 0 aliphatic heterocycles. The maximum Gasteiger partial charge on any atom is 0.122 e. The van der Waals surface area contributed by atoms with Gasteiger partial charge in [0.1, 0.15) is 5.75 Å². The lowest BCUT2D eigenvalue weighted by molar-refractivity contribution is 0.282. The fourth-order valence-corrected chi connectivity index (χ4v) is 1.47. The summed E-state index contributed by atoms with van der Waals surface area (Å²) in [5.74, 6) is 0.942. The maximum absolute atomic E-state index is 8.86. The molecule has 2 nitrogen and oxygen atoms in total. The summed E-state index contributed by atoms with van der Waals surface area (Å²) in [6, 6.07) is 10.3. The van der Waals surface area contributed by atoms with E-state index in [1.54, 1.807) is 0 Å². The first-order valence-corrected chi connectivity index (χ1v) is 5.65. The molecule has 0 aliphatic carbocycles. The molecule has 0 unspecified atom stereocenters. The Morgan fingerprint density at radius 3 is 2.62 bits per heavy atom. The van der Waals surface area contributed by atoms with E-state index in [4.69, 9.17) is 10.00 Å². The van der Waals surface area contributed by atoms with Gasteiger partial charge in [0, 0.05) is 0 Å². The Kier molecular flexibility index (Phi) is 4.37. The summed E-state index contributed by atoms with van der Waals surface area (Å²) in [4.78, 5) is 0. The standard InChI is InChI=1S/C14H19NO/c1-12-7-4-5-8-13(12)16-10-6-9-14(2,3)11-15/h4-5,7-8H,6,9-10H2,1-3H3. The van der Waals surface area contributed by atoms with E-state index in [0.717, 1.165) is 24.2 Å². The van der Waals surface area contributed by atoms with Crippen molar-refractivity contribution in [2.45, 2.75) is 33.6 Å². The quantitative estimate of drug-likeness (QED) is 0.704. The van der Waals surface area contributed by atoms with E-state index in [1.807, 2.05) is 45.0 Å². The number of hydrogen-bond donors (Lipinski definition) is 0. The molecule has 0 spiro atoms. The molecule has 2 heteroatoms. The maximum atomic E-state index is 8.86. The Labute approximate surface area is 97.9 Å². The first-order chi connectivity index (χ1) is 7.55. The lowest BCUT2D eigenvalue weighted by atomic mass is 9.90. The summed E-state index contributed by atoms with van der Waals surface area (Å²) in [6.45, 7) is 6.63. The van der Waals surface area contributed by atoms with Crippen LogP contribution < -0.4 is 4.74 Å². The van der Waals surface area contributed by atoms with Crippen molar-refractivity contribution in [3.8, 4) is 11.8 Å². The second-order valence-corrected chi connectivity index (χ2v) is 4.71. The van der Waals surface area contributed by atoms with Gasteiger partial charge in [-0.1, -0.05) is 18.2 Å². The van der Waals surface area contributed by atoms with Crippen LogP contribution in [-0.2, 0) is 0 Å². The van der Waals surface area contributed by atoms with Gasteiger partial charge in [0.25, 0.3) is 0 Å². The summed E-state index contributed by atoms with van der Waals surface area (Å²) in [5.41, 5.74) is 0.914. The molecular weight excluding hydrogens is 198 g/mol. The zero-order valence-corrected chi connectivity index (χ0v) is 10.3. The zero-order chi connectivity index (χ0) is 12.0. The summed E-state index contributed by atoms with van der Waals surface area (Å²) < 4.78 is 5.67. The van der Waals surface area contributed by atoms with Crippen molar-refractivity contribution in [1.29, 1.82) is 5.26 Å². The number of aryl methyl sites for hydroxylation is 1. The van der Waals surface area contributed by atoms with Gasteiger partial charge in [0.15, 0.2) is 0 Å². The number of nitrogens with zero attached hydrogens (tertiary/aromatic N) is 1. The number of hydrogen-bond acceptors (Lipinski definition) is 2. The minimum absolute atomic E-state index is 0.241. The SMILES string of the molecule is Cc1ccccc1OCCCC(C)(C)C#N. The Morgan fingerprint density at radius 2 is 2.00 bits per heavy atom. The number of benzene rings is 1. The number of ether oxygens (including phenoxy) is 1. The third kappa shape index (κ3) is 3.94. The molecule has 1 aromatic carbocycles. The van der Waals surface area contributed by atoms with Crippen LogP contribution in [0.25, 0.3) is 0 Å². The van der Waals surface area contributed by atoms with Gasteiger partial charge in [-0.3, -0.25) is 0 Å². The third-order valence-electron chi connectivity index (χ3n) is 2.60. The van der Waals surface area contributed by atoms with Crippen molar-refractivity contribution in [1.82, 2.24) is 0 Å². The molecule has 0 amide bonds. The summed E-state index contributed by atoms with van der Waals surface area (Å²) in [6.07, 6.45) is 1.78. The number of rotatable bonds is 5. The van der Waals surface area contributed by atoms with Crippen LogP contribution in [0.5, 0.6) is 5.75 Å². The largest absolute Gasteiger partial charge is 0.493 e. The Morgan fingerprint density at radius 1 is 1.31 bits per heavy atom. The van der Waals surface area contributed by atoms with Crippen LogP contribution in [0.1, 0.15) is 32.3 Å². The highest BCUT2D eigenvalue weighted by Crippen LogP contribution is 2.21. The molecule has 0 atom stereocenters. The first-order valence-electron chi connectivity index (χ1n) is 5.65. The van der Waals surface area contributed by atoms with E-state index in [0.29, 0.717) is 6.61 Å². The lowest BCUT2D eigenvalue weighted by Crippen LogP contribution is -2.10. The molecule has 1 aromatic rings. The van der Waals surface area contributed by atoms with Gasteiger partial charge in [0.2, 0.25) is 0 Å². The Hall–Kier alpha value is -1.49. The average Bonchev–Trinajstić information content (AvgIpc) is 2.27. The third-order valence-corrected chi connectivity index (χ3v) is 2.60. The molecule has 0 heterocycles. The van der Waals surface area contributed by atoms with Crippen LogP contribution in [0.3, 0.4) is 0 Å². The van der Waals surface area contributed by atoms with Crippen LogP contribution in [0.4, 0.5) is 0 Å². The minimum Gasteiger partial charge on any atom is -0.493 e. The van der Waals surface area contributed by atoms with Crippen LogP contribution in [0.15, 0.2) is 24.3 Å².